The fourth-order valence-corrected chi connectivity index (χ4v) is 3.06. The first kappa shape index (κ1) is 12.9. The standard InChI is InChI=1S/C16H14N2OS/c1-11-5-7-13(8-6-11)20-18-15-4-3-9-17-14(15)10-16(18)12(2)19/h3-10H,1-2H3. The molecule has 0 radical (unpaired) electrons. The molecule has 0 spiro atoms. The number of aryl methyl sites for hydroxylation is 1. The zero-order valence-electron chi connectivity index (χ0n) is 11.3. The summed E-state index contributed by atoms with van der Waals surface area (Å²) in [6, 6.07) is 14.0. The number of rotatable bonds is 3. The van der Waals surface area contributed by atoms with Gasteiger partial charge in [-0.3, -0.25) is 13.8 Å². The van der Waals surface area contributed by atoms with Gasteiger partial charge in [0.1, 0.15) is 0 Å². The van der Waals surface area contributed by atoms with Crippen molar-refractivity contribution in [1.82, 2.24) is 8.96 Å². The summed E-state index contributed by atoms with van der Waals surface area (Å²) in [7, 11) is 0. The molecular weight excluding hydrogens is 268 g/mol. The summed E-state index contributed by atoms with van der Waals surface area (Å²) in [5.41, 5.74) is 3.70. The van der Waals surface area contributed by atoms with Gasteiger partial charge in [-0.15, -0.1) is 0 Å². The first-order chi connectivity index (χ1) is 9.65. The molecule has 100 valence electrons. The smallest absolute Gasteiger partial charge is 0.177 e. The van der Waals surface area contributed by atoms with E-state index in [0.717, 1.165) is 15.9 Å². The minimum absolute atomic E-state index is 0.0441. The molecule has 0 unspecified atom stereocenters. The zero-order chi connectivity index (χ0) is 14.1. The fraction of sp³-hybridized carbons (Fsp3) is 0.125. The van der Waals surface area contributed by atoms with Crippen molar-refractivity contribution in [3.05, 3.63) is 59.9 Å². The zero-order valence-corrected chi connectivity index (χ0v) is 12.1. The molecular formula is C16H14N2OS. The minimum atomic E-state index is 0.0441. The number of aromatic nitrogens is 2. The number of benzene rings is 1. The lowest BCUT2D eigenvalue weighted by atomic mass is 10.2. The molecule has 2 aromatic heterocycles. The van der Waals surface area contributed by atoms with Crippen LogP contribution in [0.15, 0.2) is 53.6 Å². The van der Waals surface area contributed by atoms with Crippen LogP contribution in [0.25, 0.3) is 11.0 Å². The molecule has 3 rings (SSSR count). The molecule has 20 heavy (non-hydrogen) atoms. The molecule has 0 aliphatic carbocycles. The van der Waals surface area contributed by atoms with Gasteiger partial charge in [0, 0.05) is 18.0 Å². The molecule has 0 amide bonds. The minimum Gasteiger partial charge on any atom is -0.293 e. The van der Waals surface area contributed by atoms with E-state index in [2.05, 4.69) is 36.2 Å². The Morgan fingerprint density at radius 3 is 2.65 bits per heavy atom. The Morgan fingerprint density at radius 1 is 1.20 bits per heavy atom. The number of ketones is 1. The second-order valence-electron chi connectivity index (χ2n) is 4.69. The third kappa shape index (κ3) is 2.34. The molecule has 4 heteroatoms. The second kappa shape index (κ2) is 5.13. The van der Waals surface area contributed by atoms with Crippen molar-refractivity contribution >= 4 is 28.8 Å². The van der Waals surface area contributed by atoms with Crippen LogP contribution < -0.4 is 0 Å². The Hall–Kier alpha value is -2.07. The number of hydrogen-bond donors (Lipinski definition) is 0. The average molecular weight is 282 g/mol. The summed E-state index contributed by atoms with van der Waals surface area (Å²) in [6.07, 6.45) is 1.74. The molecule has 2 heterocycles. The lowest BCUT2D eigenvalue weighted by Crippen LogP contribution is -1.99. The molecule has 3 nitrogen and oxygen atoms in total. The lowest BCUT2D eigenvalue weighted by molar-refractivity contribution is 0.101. The molecule has 0 aliphatic heterocycles. The lowest BCUT2D eigenvalue weighted by Gasteiger charge is -2.07. The average Bonchev–Trinajstić information content (AvgIpc) is 2.81. The molecule has 3 aromatic rings. The molecule has 0 saturated heterocycles. The quantitative estimate of drug-likeness (QED) is 0.678. The number of fused-ring (bicyclic) bond motifs is 1. The molecule has 0 N–H and O–H groups in total. The van der Waals surface area contributed by atoms with E-state index >= 15 is 0 Å². The van der Waals surface area contributed by atoms with Crippen LogP contribution in [0.4, 0.5) is 0 Å². The Kier molecular flexibility index (Phi) is 3.32. The molecule has 0 bridgehead atoms. The van der Waals surface area contributed by atoms with E-state index in [0.29, 0.717) is 5.69 Å². The van der Waals surface area contributed by atoms with Crippen molar-refractivity contribution in [2.45, 2.75) is 18.7 Å². The van der Waals surface area contributed by atoms with Crippen LogP contribution in [0, 0.1) is 6.92 Å². The molecule has 0 saturated carbocycles. The number of hydrogen-bond acceptors (Lipinski definition) is 3. The SMILES string of the molecule is CC(=O)c1cc2ncccc2n1Sc1ccc(C)cc1. The van der Waals surface area contributed by atoms with Crippen LogP contribution in [-0.2, 0) is 0 Å². The van der Waals surface area contributed by atoms with Crippen LogP contribution in [-0.4, -0.2) is 14.7 Å². The van der Waals surface area contributed by atoms with Gasteiger partial charge in [-0.05, 0) is 49.2 Å². The normalized spacial score (nSPS) is 10.9. The maximum Gasteiger partial charge on any atom is 0.177 e. The predicted octanol–water partition coefficient (Wildman–Crippen LogP) is 4.10. The van der Waals surface area contributed by atoms with Crippen molar-refractivity contribution in [2.24, 2.45) is 0 Å². The van der Waals surface area contributed by atoms with E-state index < -0.39 is 0 Å². The van der Waals surface area contributed by atoms with Crippen LogP contribution in [0.5, 0.6) is 0 Å². The summed E-state index contributed by atoms with van der Waals surface area (Å²) >= 11 is 1.54. The first-order valence-electron chi connectivity index (χ1n) is 6.37. The van der Waals surface area contributed by atoms with Gasteiger partial charge in [-0.2, -0.15) is 0 Å². The van der Waals surface area contributed by atoms with Crippen molar-refractivity contribution in [1.29, 1.82) is 0 Å². The largest absolute Gasteiger partial charge is 0.293 e. The second-order valence-corrected chi connectivity index (χ2v) is 5.71. The fourth-order valence-electron chi connectivity index (χ4n) is 2.06. The van der Waals surface area contributed by atoms with E-state index in [-0.39, 0.29) is 5.78 Å². The highest BCUT2D eigenvalue weighted by atomic mass is 32.2. The molecule has 0 aliphatic rings. The van der Waals surface area contributed by atoms with Crippen molar-refractivity contribution in [2.75, 3.05) is 0 Å². The van der Waals surface area contributed by atoms with Gasteiger partial charge < -0.3 is 0 Å². The van der Waals surface area contributed by atoms with Crippen molar-refractivity contribution in [3.63, 3.8) is 0 Å². The molecule has 0 atom stereocenters. The van der Waals surface area contributed by atoms with E-state index in [4.69, 9.17) is 0 Å². The summed E-state index contributed by atoms with van der Waals surface area (Å²) in [5.74, 6) is 0.0441. The third-order valence-corrected chi connectivity index (χ3v) is 4.16. The highest BCUT2D eigenvalue weighted by molar-refractivity contribution is 7.98. The van der Waals surface area contributed by atoms with E-state index in [1.807, 2.05) is 22.2 Å². The van der Waals surface area contributed by atoms with E-state index in [1.54, 1.807) is 25.1 Å². The van der Waals surface area contributed by atoms with Gasteiger partial charge in [0.25, 0.3) is 0 Å². The van der Waals surface area contributed by atoms with Gasteiger partial charge in [0.2, 0.25) is 0 Å². The number of carbonyl (C=O) groups excluding carboxylic acids is 1. The first-order valence-corrected chi connectivity index (χ1v) is 7.15. The number of pyridine rings is 1. The summed E-state index contributed by atoms with van der Waals surface area (Å²) in [6.45, 7) is 3.64. The van der Waals surface area contributed by atoms with Crippen LogP contribution in [0.3, 0.4) is 0 Å². The number of Topliss-reactive ketones (excluding diaryl/α,β-unsaturated/α-hetero) is 1. The van der Waals surface area contributed by atoms with E-state index in [9.17, 15) is 4.79 Å². The number of carbonyl (C=O) groups is 1. The Labute approximate surface area is 121 Å². The summed E-state index contributed by atoms with van der Waals surface area (Å²) in [5, 5.41) is 0. The monoisotopic (exact) mass is 282 g/mol. The highest BCUT2D eigenvalue weighted by Gasteiger charge is 2.14. The Morgan fingerprint density at radius 2 is 1.95 bits per heavy atom. The summed E-state index contributed by atoms with van der Waals surface area (Å²) < 4.78 is 1.95. The van der Waals surface area contributed by atoms with E-state index in [1.165, 1.54) is 5.56 Å². The predicted molar refractivity (Wildman–Crippen MR) is 82.2 cm³/mol. The Balaban J connectivity index is 2.11. The van der Waals surface area contributed by atoms with Gasteiger partial charge in [-0.1, -0.05) is 17.7 Å². The maximum atomic E-state index is 11.8. The van der Waals surface area contributed by atoms with Crippen molar-refractivity contribution < 1.29 is 4.79 Å². The molecule has 1 aromatic carbocycles. The number of nitrogens with zero attached hydrogens (tertiary/aromatic N) is 2. The van der Waals surface area contributed by atoms with Gasteiger partial charge in [-0.25, -0.2) is 0 Å². The maximum absolute atomic E-state index is 11.8. The van der Waals surface area contributed by atoms with Gasteiger partial charge >= 0.3 is 0 Å². The van der Waals surface area contributed by atoms with Gasteiger partial charge in [0.15, 0.2) is 5.78 Å². The van der Waals surface area contributed by atoms with Crippen LogP contribution in [0.2, 0.25) is 0 Å². The van der Waals surface area contributed by atoms with Gasteiger partial charge in [0.05, 0.1) is 16.7 Å². The molecule has 0 fully saturated rings. The van der Waals surface area contributed by atoms with Crippen molar-refractivity contribution in [3.8, 4) is 0 Å². The third-order valence-electron chi connectivity index (χ3n) is 3.11. The van der Waals surface area contributed by atoms with Crippen LogP contribution in [0.1, 0.15) is 23.0 Å². The van der Waals surface area contributed by atoms with Crippen LogP contribution >= 0.6 is 11.9 Å². The highest BCUT2D eigenvalue weighted by Crippen LogP contribution is 2.29. The Bertz CT molecular complexity index is 775. The summed E-state index contributed by atoms with van der Waals surface area (Å²) in [4.78, 5) is 17.2. The topological polar surface area (TPSA) is 34.9 Å².